The van der Waals surface area contributed by atoms with Crippen molar-refractivity contribution in [3.63, 3.8) is 0 Å². The van der Waals surface area contributed by atoms with E-state index >= 15 is 0 Å². The molecule has 0 fully saturated rings. The molecule has 1 heterocycles. The third-order valence-corrected chi connectivity index (χ3v) is 4.06. The molecule has 1 aromatic rings. The SMILES string of the molecule is CC(C)NS(=O)(=O)NCc1ccc2c(c1)CNC2. The average Bonchev–Trinajstić information content (AvgIpc) is 2.71. The number of rotatable bonds is 5. The molecule has 0 saturated carbocycles. The lowest BCUT2D eigenvalue weighted by Crippen LogP contribution is -2.39. The molecule has 0 spiro atoms. The summed E-state index contributed by atoms with van der Waals surface area (Å²) in [6.07, 6.45) is 0. The van der Waals surface area contributed by atoms with Gasteiger partial charge in [-0.1, -0.05) is 18.2 Å². The predicted molar refractivity (Wildman–Crippen MR) is 71.0 cm³/mol. The normalized spacial score (nSPS) is 15.1. The smallest absolute Gasteiger partial charge is 0.277 e. The maximum atomic E-state index is 11.6. The van der Waals surface area contributed by atoms with Crippen molar-refractivity contribution in [2.45, 2.75) is 39.5 Å². The molecule has 0 bridgehead atoms. The highest BCUT2D eigenvalue weighted by Crippen LogP contribution is 2.16. The Hall–Kier alpha value is -0.950. The lowest BCUT2D eigenvalue weighted by Gasteiger charge is -2.11. The fourth-order valence-corrected chi connectivity index (χ4v) is 3.05. The molecule has 2 rings (SSSR count). The zero-order chi connectivity index (χ0) is 13.2. The Balaban J connectivity index is 1.98. The molecule has 0 aromatic heterocycles. The molecule has 0 aliphatic carbocycles. The molecule has 0 atom stereocenters. The molecule has 0 radical (unpaired) electrons. The second kappa shape index (κ2) is 5.36. The molecular weight excluding hydrogens is 250 g/mol. The summed E-state index contributed by atoms with van der Waals surface area (Å²) in [6.45, 7) is 5.66. The van der Waals surface area contributed by atoms with Crippen LogP contribution >= 0.6 is 0 Å². The van der Waals surface area contributed by atoms with E-state index in [1.807, 2.05) is 12.1 Å². The number of nitrogens with one attached hydrogen (secondary N) is 3. The van der Waals surface area contributed by atoms with Crippen LogP contribution in [-0.4, -0.2) is 14.5 Å². The molecule has 18 heavy (non-hydrogen) atoms. The summed E-state index contributed by atoms with van der Waals surface area (Å²) in [5.74, 6) is 0. The van der Waals surface area contributed by atoms with Gasteiger partial charge in [0.25, 0.3) is 10.2 Å². The summed E-state index contributed by atoms with van der Waals surface area (Å²) >= 11 is 0. The van der Waals surface area contributed by atoms with Crippen LogP contribution in [0.5, 0.6) is 0 Å². The molecule has 0 saturated heterocycles. The van der Waals surface area contributed by atoms with Gasteiger partial charge in [-0.15, -0.1) is 0 Å². The number of hydrogen-bond donors (Lipinski definition) is 3. The van der Waals surface area contributed by atoms with Crippen molar-refractivity contribution in [2.24, 2.45) is 0 Å². The summed E-state index contributed by atoms with van der Waals surface area (Å²) in [7, 11) is -3.41. The lowest BCUT2D eigenvalue weighted by atomic mass is 10.1. The highest BCUT2D eigenvalue weighted by atomic mass is 32.2. The van der Waals surface area contributed by atoms with Gasteiger partial charge in [0, 0.05) is 25.7 Å². The van der Waals surface area contributed by atoms with Gasteiger partial charge in [-0.3, -0.25) is 0 Å². The van der Waals surface area contributed by atoms with Crippen LogP contribution in [0.15, 0.2) is 18.2 Å². The Kier molecular flexibility index (Phi) is 4.01. The van der Waals surface area contributed by atoms with Crippen molar-refractivity contribution >= 4 is 10.2 Å². The number of benzene rings is 1. The van der Waals surface area contributed by atoms with Crippen molar-refractivity contribution in [2.75, 3.05) is 0 Å². The van der Waals surface area contributed by atoms with E-state index in [1.165, 1.54) is 11.1 Å². The molecule has 0 amide bonds. The topological polar surface area (TPSA) is 70.2 Å². The van der Waals surface area contributed by atoms with Crippen LogP contribution in [0.4, 0.5) is 0 Å². The van der Waals surface area contributed by atoms with E-state index in [1.54, 1.807) is 13.8 Å². The van der Waals surface area contributed by atoms with E-state index in [4.69, 9.17) is 0 Å². The second-order valence-corrected chi connectivity index (χ2v) is 6.33. The van der Waals surface area contributed by atoms with E-state index in [0.717, 1.165) is 18.7 Å². The standard InChI is InChI=1S/C12H19N3O2S/c1-9(2)15-18(16,17)14-6-10-3-4-11-7-13-8-12(11)5-10/h3-5,9,13-15H,6-8H2,1-2H3. The molecule has 1 aliphatic heterocycles. The summed E-state index contributed by atoms with van der Waals surface area (Å²) in [6, 6.07) is 5.96. The first-order valence-electron chi connectivity index (χ1n) is 6.04. The number of fused-ring (bicyclic) bond motifs is 1. The molecule has 3 N–H and O–H groups in total. The summed E-state index contributed by atoms with van der Waals surface area (Å²) in [4.78, 5) is 0. The minimum absolute atomic E-state index is 0.105. The Bertz CT molecular complexity index is 526. The Morgan fingerprint density at radius 2 is 2.00 bits per heavy atom. The zero-order valence-electron chi connectivity index (χ0n) is 10.7. The van der Waals surface area contributed by atoms with E-state index in [9.17, 15) is 8.42 Å². The monoisotopic (exact) mass is 269 g/mol. The van der Waals surface area contributed by atoms with Crippen LogP contribution in [0.25, 0.3) is 0 Å². The molecule has 0 unspecified atom stereocenters. The molecule has 6 heteroatoms. The first kappa shape index (κ1) is 13.5. The Labute approximate surface area is 108 Å². The van der Waals surface area contributed by atoms with E-state index in [0.29, 0.717) is 6.54 Å². The van der Waals surface area contributed by atoms with Crippen LogP contribution in [0.3, 0.4) is 0 Å². The summed E-state index contributed by atoms with van der Waals surface area (Å²) in [5, 5.41) is 3.26. The van der Waals surface area contributed by atoms with Gasteiger partial charge in [-0.2, -0.15) is 17.9 Å². The minimum atomic E-state index is -3.41. The zero-order valence-corrected chi connectivity index (χ0v) is 11.5. The quantitative estimate of drug-likeness (QED) is 0.734. The molecule has 100 valence electrons. The van der Waals surface area contributed by atoms with Crippen LogP contribution in [0.1, 0.15) is 30.5 Å². The first-order chi connectivity index (χ1) is 8.46. The van der Waals surface area contributed by atoms with Gasteiger partial charge in [0.05, 0.1) is 0 Å². The highest BCUT2D eigenvalue weighted by molar-refractivity contribution is 7.87. The lowest BCUT2D eigenvalue weighted by molar-refractivity contribution is 0.554. The van der Waals surface area contributed by atoms with E-state index in [-0.39, 0.29) is 6.04 Å². The maximum Gasteiger partial charge on any atom is 0.277 e. The fourth-order valence-electron chi connectivity index (χ4n) is 1.99. The fraction of sp³-hybridized carbons (Fsp3) is 0.500. The van der Waals surface area contributed by atoms with Gasteiger partial charge in [-0.05, 0) is 30.5 Å². The minimum Gasteiger partial charge on any atom is -0.309 e. The first-order valence-corrected chi connectivity index (χ1v) is 7.53. The maximum absolute atomic E-state index is 11.6. The molecule has 1 aromatic carbocycles. The van der Waals surface area contributed by atoms with Crippen LogP contribution in [-0.2, 0) is 29.8 Å². The predicted octanol–water partition coefficient (Wildman–Crippen LogP) is 0.622. The third kappa shape index (κ3) is 3.52. The summed E-state index contributed by atoms with van der Waals surface area (Å²) in [5.41, 5.74) is 3.53. The van der Waals surface area contributed by atoms with Crippen molar-refractivity contribution in [1.29, 1.82) is 0 Å². The van der Waals surface area contributed by atoms with Gasteiger partial charge in [0.15, 0.2) is 0 Å². The molecule has 5 nitrogen and oxygen atoms in total. The van der Waals surface area contributed by atoms with Gasteiger partial charge in [0.2, 0.25) is 0 Å². The van der Waals surface area contributed by atoms with Gasteiger partial charge >= 0.3 is 0 Å². The highest BCUT2D eigenvalue weighted by Gasteiger charge is 2.13. The van der Waals surface area contributed by atoms with Gasteiger partial charge < -0.3 is 5.32 Å². The van der Waals surface area contributed by atoms with Crippen molar-refractivity contribution in [3.8, 4) is 0 Å². The third-order valence-electron chi connectivity index (χ3n) is 2.76. The summed E-state index contributed by atoms with van der Waals surface area (Å²) < 4.78 is 28.3. The Morgan fingerprint density at radius 1 is 1.28 bits per heavy atom. The van der Waals surface area contributed by atoms with Crippen LogP contribution in [0.2, 0.25) is 0 Å². The van der Waals surface area contributed by atoms with Gasteiger partial charge in [0.1, 0.15) is 0 Å². The number of hydrogen-bond acceptors (Lipinski definition) is 3. The molecular formula is C12H19N3O2S. The average molecular weight is 269 g/mol. The Morgan fingerprint density at radius 3 is 2.72 bits per heavy atom. The van der Waals surface area contributed by atoms with Crippen LogP contribution in [0, 0.1) is 0 Å². The largest absolute Gasteiger partial charge is 0.309 e. The molecule has 1 aliphatic rings. The van der Waals surface area contributed by atoms with Crippen LogP contribution < -0.4 is 14.8 Å². The van der Waals surface area contributed by atoms with Crippen molar-refractivity contribution in [1.82, 2.24) is 14.8 Å². The second-order valence-electron chi connectivity index (χ2n) is 4.80. The van der Waals surface area contributed by atoms with E-state index in [2.05, 4.69) is 20.8 Å². The van der Waals surface area contributed by atoms with Crippen molar-refractivity contribution < 1.29 is 8.42 Å². The van der Waals surface area contributed by atoms with Crippen molar-refractivity contribution in [3.05, 3.63) is 34.9 Å². The van der Waals surface area contributed by atoms with Gasteiger partial charge in [-0.25, -0.2) is 0 Å². The van der Waals surface area contributed by atoms with E-state index < -0.39 is 10.2 Å².